The van der Waals surface area contributed by atoms with E-state index in [-0.39, 0.29) is 31.4 Å². The van der Waals surface area contributed by atoms with Crippen LogP contribution in [0.3, 0.4) is 0 Å². The quantitative estimate of drug-likeness (QED) is 0.297. The molecule has 1 aromatic carbocycles. The lowest BCUT2D eigenvalue weighted by Crippen LogP contribution is -2.43. The summed E-state index contributed by atoms with van der Waals surface area (Å²) in [6, 6.07) is 5.57. The fourth-order valence-corrected chi connectivity index (χ4v) is 3.42. The van der Waals surface area contributed by atoms with Crippen LogP contribution in [0.15, 0.2) is 18.2 Å². The first kappa shape index (κ1) is 22.7. The number of carbonyl (C=O) groups is 3. The van der Waals surface area contributed by atoms with E-state index in [0.29, 0.717) is 12.3 Å². The summed E-state index contributed by atoms with van der Waals surface area (Å²) < 4.78 is 5.24. The number of ether oxygens (including phenoxy) is 1. The third kappa shape index (κ3) is 8.54. The highest BCUT2D eigenvalue weighted by Gasteiger charge is 2.25. The molecule has 7 nitrogen and oxygen atoms in total. The Morgan fingerprint density at radius 1 is 1.07 bits per heavy atom. The summed E-state index contributed by atoms with van der Waals surface area (Å²) in [6.07, 6.45) is 8.50. The molecule has 0 aromatic heterocycles. The van der Waals surface area contributed by atoms with Gasteiger partial charge in [-0.05, 0) is 37.5 Å². The Labute approximate surface area is 172 Å². The molecule has 0 unspecified atom stereocenters. The van der Waals surface area contributed by atoms with Crippen LogP contribution in [0.25, 0.3) is 0 Å². The Bertz CT molecular complexity index is 704. The topological polar surface area (TPSA) is 95.9 Å². The fourth-order valence-electron chi connectivity index (χ4n) is 3.42. The molecule has 1 amide bonds. The van der Waals surface area contributed by atoms with Gasteiger partial charge in [0.05, 0.1) is 12.2 Å². The maximum Gasteiger partial charge on any atom is 0.331 e. The Balaban J connectivity index is 1.56. The van der Waals surface area contributed by atoms with E-state index in [1.807, 2.05) is 19.1 Å². The number of carboxylic acid groups (broad SMARTS) is 1. The average Bonchev–Trinajstić information content (AvgIpc) is 2.66. The van der Waals surface area contributed by atoms with Crippen LogP contribution in [-0.4, -0.2) is 42.6 Å². The summed E-state index contributed by atoms with van der Waals surface area (Å²) in [5.74, 6) is -0.656. The Morgan fingerprint density at radius 2 is 1.72 bits per heavy atom. The van der Waals surface area contributed by atoms with Gasteiger partial charge in [0.15, 0.2) is 5.75 Å². The molecule has 0 radical (unpaired) electrons. The number of fused-ring (bicyclic) bond motifs is 1. The molecule has 1 aliphatic rings. The number of carboxylic acids is 1. The SMILES string of the molecule is Cc1ccc2c(c1)N(CC(=O)NCCCCCCCCCCC(=O)O)CC(=O)O2. The van der Waals surface area contributed by atoms with Crippen molar-refractivity contribution in [2.45, 2.75) is 64.7 Å². The first-order chi connectivity index (χ1) is 14.0. The van der Waals surface area contributed by atoms with Crippen LogP contribution in [0, 0.1) is 6.92 Å². The molecule has 1 aliphatic heterocycles. The van der Waals surface area contributed by atoms with Gasteiger partial charge >= 0.3 is 11.9 Å². The number of unbranched alkanes of at least 4 members (excludes halogenated alkanes) is 7. The van der Waals surface area contributed by atoms with Crippen LogP contribution in [0.4, 0.5) is 5.69 Å². The number of nitrogens with zero attached hydrogens (tertiary/aromatic N) is 1. The minimum Gasteiger partial charge on any atom is -0.481 e. The Kier molecular flexibility index (Phi) is 9.47. The van der Waals surface area contributed by atoms with Crippen molar-refractivity contribution in [2.24, 2.45) is 0 Å². The summed E-state index contributed by atoms with van der Waals surface area (Å²) >= 11 is 0. The number of nitrogens with one attached hydrogen (secondary N) is 1. The lowest BCUT2D eigenvalue weighted by Gasteiger charge is -2.29. The molecule has 0 bridgehead atoms. The van der Waals surface area contributed by atoms with Gasteiger partial charge in [-0.1, -0.05) is 44.6 Å². The number of aryl methyl sites for hydroxylation is 1. The Morgan fingerprint density at radius 3 is 2.41 bits per heavy atom. The molecule has 0 aliphatic carbocycles. The zero-order chi connectivity index (χ0) is 21.1. The highest BCUT2D eigenvalue weighted by Crippen LogP contribution is 2.32. The van der Waals surface area contributed by atoms with Crippen molar-refractivity contribution < 1.29 is 24.2 Å². The maximum atomic E-state index is 12.2. The van der Waals surface area contributed by atoms with E-state index < -0.39 is 5.97 Å². The largest absolute Gasteiger partial charge is 0.481 e. The monoisotopic (exact) mass is 404 g/mol. The number of esters is 1. The molecule has 0 spiro atoms. The molecule has 0 saturated heterocycles. The molecule has 0 fully saturated rings. The molecule has 29 heavy (non-hydrogen) atoms. The normalized spacial score (nSPS) is 13.0. The summed E-state index contributed by atoms with van der Waals surface area (Å²) in [5.41, 5.74) is 1.83. The van der Waals surface area contributed by atoms with E-state index in [9.17, 15) is 14.4 Å². The van der Waals surface area contributed by atoms with Gasteiger partial charge < -0.3 is 20.1 Å². The number of benzene rings is 1. The van der Waals surface area contributed by atoms with E-state index in [0.717, 1.165) is 62.6 Å². The van der Waals surface area contributed by atoms with Gasteiger partial charge in [0.1, 0.15) is 6.54 Å². The van der Waals surface area contributed by atoms with Gasteiger partial charge in [0, 0.05) is 13.0 Å². The zero-order valence-electron chi connectivity index (χ0n) is 17.2. The van der Waals surface area contributed by atoms with E-state index in [1.54, 1.807) is 11.0 Å². The fraction of sp³-hybridized carbons (Fsp3) is 0.591. The van der Waals surface area contributed by atoms with Crippen LogP contribution in [-0.2, 0) is 14.4 Å². The Hall–Kier alpha value is -2.57. The standard InChI is InChI=1S/C22H32N2O5/c1-17-11-12-19-18(14-17)24(16-22(28)29-19)15-20(25)23-13-9-7-5-3-2-4-6-8-10-21(26)27/h11-12,14H,2-10,13,15-16H2,1H3,(H,23,25)(H,26,27). The molecule has 7 heteroatoms. The number of rotatable bonds is 13. The van der Waals surface area contributed by atoms with Crippen molar-refractivity contribution in [3.8, 4) is 5.75 Å². The molecule has 2 N–H and O–H groups in total. The van der Waals surface area contributed by atoms with Gasteiger partial charge in [0.25, 0.3) is 0 Å². The summed E-state index contributed by atoms with van der Waals surface area (Å²) in [6.45, 7) is 2.82. The van der Waals surface area contributed by atoms with Gasteiger partial charge in [-0.15, -0.1) is 0 Å². The van der Waals surface area contributed by atoms with E-state index in [1.165, 1.54) is 0 Å². The maximum absolute atomic E-state index is 12.2. The molecule has 2 rings (SSSR count). The van der Waals surface area contributed by atoms with Crippen LogP contribution < -0.4 is 15.0 Å². The number of carbonyl (C=O) groups excluding carboxylic acids is 2. The van der Waals surface area contributed by atoms with Crippen molar-refractivity contribution in [1.82, 2.24) is 5.32 Å². The smallest absolute Gasteiger partial charge is 0.331 e. The molecule has 0 saturated carbocycles. The van der Waals surface area contributed by atoms with Crippen LogP contribution in [0.1, 0.15) is 63.4 Å². The summed E-state index contributed by atoms with van der Waals surface area (Å²) in [7, 11) is 0. The number of anilines is 1. The van der Waals surface area contributed by atoms with Crippen molar-refractivity contribution >= 4 is 23.5 Å². The number of aliphatic carboxylic acids is 1. The number of hydrogen-bond donors (Lipinski definition) is 2. The van der Waals surface area contributed by atoms with Crippen molar-refractivity contribution in [2.75, 3.05) is 24.5 Å². The second-order valence-corrected chi connectivity index (χ2v) is 7.62. The first-order valence-corrected chi connectivity index (χ1v) is 10.5. The second-order valence-electron chi connectivity index (χ2n) is 7.62. The zero-order valence-corrected chi connectivity index (χ0v) is 17.2. The third-order valence-electron chi connectivity index (χ3n) is 4.97. The van der Waals surface area contributed by atoms with Gasteiger partial charge in [-0.2, -0.15) is 0 Å². The molecule has 1 heterocycles. The predicted octanol–water partition coefficient (Wildman–Crippen LogP) is 3.43. The highest BCUT2D eigenvalue weighted by molar-refractivity contribution is 5.89. The van der Waals surface area contributed by atoms with Gasteiger partial charge in [-0.3, -0.25) is 9.59 Å². The highest BCUT2D eigenvalue weighted by atomic mass is 16.5. The summed E-state index contributed by atoms with van der Waals surface area (Å²) in [5, 5.41) is 11.5. The van der Waals surface area contributed by atoms with E-state index >= 15 is 0 Å². The molecular weight excluding hydrogens is 372 g/mol. The minimum atomic E-state index is -0.716. The predicted molar refractivity (Wildman–Crippen MR) is 111 cm³/mol. The van der Waals surface area contributed by atoms with Crippen LogP contribution in [0.2, 0.25) is 0 Å². The number of hydrogen-bond acceptors (Lipinski definition) is 5. The lowest BCUT2D eigenvalue weighted by atomic mass is 10.1. The number of amides is 1. The van der Waals surface area contributed by atoms with Gasteiger partial charge in [-0.25, -0.2) is 4.79 Å². The van der Waals surface area contributed by atoms with Crippen molar-refractivity contribution in [3.63, 3.8) is 0 Å². The van der Waals surface area contributed by atoms with Crippen molar-refractivity contribution in [1.29, 1.82) is 0 Å². The molecule has 1 aromatic rings. The first-order valence-electron chi connectivity index (χ1n) is 10.5. The van der Waals surface area contributed by atoms with Crippen molar-refractivity contribution in [3.05, 3.63) is 23.8 Å². The van der Waals surface area contributed by atoms with E-state index in [2.05, 4.69) is 5.32 Å². The average molecular weight is 405 g/mol. The second kappa shape index (κ2) is 12.1. The summed E-state index contributed by atoms with van der Waals surface area (Å²) in [4.78, 5) is 36.2. The molecule has 0 atom stereocenters. The van der Waals surface area contributed by atoms with Gasteiger partial charge in [0.2, 0.25) is 5.91 Å². The third-order valence-corrected chi connectivity index (χ3v) is 4.97. The molecule has 160 valence electrons. The van der Waals surface area contributed by atoms with E-state index in [4.69, 9.17) is 9.84 Å². The molecular formula is C22H32N2O5. The lowest BCUT2D eigenvalue weighted by molar-refractivity contribution is -0.137. The minimum absolute atomic E-state index is 0.0797. The van der Waals surface area contributed by atoms with Crippen LogP contribution >= 0.6 is 0 Å². The van der Waals surface area contributed by atoms with Crippen LogP contribution in [0.5, 0.6) is 5.75 Å².